The molecule has 1 aliphatic heterocycles. The van der Waals surface area contributed by atoms with Gasteiger partial charge in [0.2, 0.25) is 0 Å². The number of anilines is 1. The topological polar surface area (TPSA) is 25.2 Å². The fraction of sp³-hybridized carbons (Fsp3) is 0.0769. The van der Waals surface area contributed by atoms with Crippen LogP contribution in [0.5, 0.6) is 0 Å². The summed E-state index contributed by atoms with van der Waals surface area (Å²) in [5, 5.41) is 1.85. The molecule has 4 aromatic rings. The molecule has 3 nitrogen and oxygen atoms in total. The van der Waals surface area contributed by atoms with Crippen molar-refractivity contribution >= 4 is 80.1 Å². The number of carbonyl (C=O) groups excluding carboxylic acids is 1. The molecule has 10 heteroatoms. The monoisotopic (exact) mass is 562 g/mol. The molecule has 5 rings (SSSR count). The molecule has 1 aromatic heterocycles. The van der Waals surface area contributed by atoms with Crippen LogP contribution in [0.25, 0.3) is 17.0 Å². The van der Waals surface area contributed by atoms with Gasteiger partial charge in [-0.1, -0.05) is 77.5 Å². The van der Waals surface area contributed by atoms with Gasteiger partial charge in [0.05, 0.1) is 26.2 Å². The summed E-state index contributed by atoms with van der Waals surface area (Å²) in [5.74, 6) is -0.467. The van der Waals surface area contributed by atoms with Crippen molar-refractivity contribution in [2.24, 2.45) is 0 Å². The molecule has 0 unspecified atom stereocenters. The quantitative estimate of drug-likeness (QED) is 0.184. The van der Waals surface area contributed by atoms with Crippen LogP contribution >= 0.6 is 47.2 Å². The predicted molar refractivity (Wildman–Crippen MR) is 145 cm³/mol. The van der Waals surface area contributed by atoms with Crippen molar-refractivity contribution in [1.82, 2.24) is 4.57 Å². The normalized spacial score (nSPS) is 15.5. The van der Waals surface area contributed by atoms with Gasteiger partial charge in [-0.05, 0) is 48.0 Å². The predicted octanol–water partition coefficient (Wildman–Crippen LogP) is 8.42. The summed E-state index contributed by atoms with van der Waals surface area (Å²) < 4.78 is 41.8. The van der Waals surface area contributed by atoms with Crippen LogP contribution in [0, 0.1) is 0 Å². The van der Waals surface area contributed by atoms with Crippen LogP contribution in [-0.4, -0.2) is 14.8 Å². The molecule has 0 N–H and O–H groups in total. The summed E-state index contributed by atoms with van der Waals surface area (Å²) >= 11 is 18.6. The maximum absolute atomic E-state index is 13.2. The minimum absolute atomic E-state index is 0.0813. The zero-order valence-electron chi connectivity index (χ0n) is 18.2. The Balaban J connectivity index is 1.50. The third-order valence-corrected chi connectivity index (χ3v) is 7.71. The van der Waals surface area contributed by atoms with Crippen molar-refractivity contribution in [1.29, 1.82) is 0 Å². The number of fused-ring (bicyclic) bond motifs is 1. The lowest BCUT2D eigenvalue weighted by molar-refractivity contribution is -0.137. The van der Waals surface area contributed by atoms with Gasteiger partial charge in [0.15, 0.2) is 4.32 Å². The Morgan fingerprint density at radius 2 is 1.75 bits per heavy atom. The van der Waals surface area contributed by atoms with E-state index in [1.807, 2.05) is 41.1 Å². The Bertz CT molecular complexity index is 1560. The number of amides is 1. The molecule has 0 spiro atoms. The highest BCUT2D eigenvalue weighted by Crippen LogP contribution is 2.39. The molecule has 2 heterocycles. The molecule has 1 fully saturated rings. The van der Waals surface area contributed by atoms with Gasteiger partial charge in [0.25, 0.3) is 5.91 Å². The molecule has 182 valence electrons. The molecule has 0 saturated carbocycles. The van der Waals surface area contributed by atoms with E-state index < -0.39 is 17.6 Å². The van der Waals surface area contributed by atoms with E-state index >= 15 is 0 Å². The number of hydrogen-bond donors (Lipinski definition) is 0. The molecular formula is C26H15Cl2F3N2OS2. The molecule has 0 bridgehead atoms. The number of hydrogen-bond acceptors (Lipinski definition) is 3. The molecule has 3 aromatic carbocycles. The Labute approximate surface area is 224 Å². The first-order valence-electron chi connectivity index (χ1n) is 10.6. The van der Waals surface area contributed by atoms with E-state index in [4.69, 9.17) is 35.4 Å². The Hall–Kier alpha value is -2.78. The van der Waals surface area contributed by atoms with Crippen LogP contribution < -0.4 is 4.90 Å². The summed E-state index contributed by atoms with van der Waals surface area (Å²) in [4.78, 5) is 14.7. The van der Waals surface area contributed by atoms with Crippen molar-refractivity contribution in [3.63, 3.8) is 0 Å². The lowest BCUT2D eigenvalue weighted by atomic mass is 10.1. The van der Waals surface area contributed by atoms with Gasteiger partial charge in [-0.15, -0.1) is 0 Å². The molecule has 0 aliphatic carbocycles. The van der Waals surface area contributed by atoms with E-state index in [2.05, 4.69) is 0 Å². The summed E-state index contributed by atoms with van der Waals surface area (Å²) in [6, 6.07) is 17.8. The van der Waals surface area contributed by atoms with Crippen molar-refractivity contribution in [3.8, 4) is 0 Å². The van der Waals surface area contributed by atoms with Crippen molar-refractivity contribution in [2.45, 2.75) is 12.7 Å². The SMILES string of the molecule is O=C1/C(=C\c2cn(Cc3ccc(Cl)c(Cl)c3)c3ccccc23)SC(=S)N1c1cccc(C(F)(F)F)c1. The van der Waals surface area contributed by atoms with E-state index in [1.54, 1.807) is 18.2 Å². The van der Waals surface area contributed by atoms with Crippen molar-refractivity contribution < 1.29 is 18.0 Å². The first-order chi connectivity index (χ1) is 17.1. The van der Waals surface area contributed by atoms with Crippen molar-refractivity contribution in [3.05, 3.63) is 105 Å². The number of benzene rings is 3. The molecule has 0 radical (unpaired) electrons. The Kier molecular flexibility index (Phi) is 6.63. The lowest BCUT2D eigenvalue weighted by Crippen LogP contribution is -2.27. The van der Waals surface area contributed by atoms with Gasteiger partial charge in [-0.25, -0.2) is 0 Å². The summed E-state index contributed by atoms with van der Waals surface area (Å²) in [5.41, 5.74) is 1.92. The Morgan fingerprint density at radius 3 is 2.50 bits per heavy atom. The number of alkyl halides is 3. The van der Waals surface area contributed by atoms with Crippen LogP contribution in [0.2, 0.25) is 10.0 Å². The highest BCUT2D eigenvalue weighted by atomic mass is 35.5. The number of halogens is 5. The molecule has 0 atom stereocenters. The molecule has 36 heavy (non-hydrogen) atoms. The zero-order chi connectivity index (χ0) is 25.6. The number of para-hydroxylation sites is 1. The van der Waals surface area contributed by atoms with E-state index in [0.29, 0.717) is 21.5 Å². The largest absolute Gasteiger partial charge is 0.416 e. The van der Waals surface area contributed by atoms with E-state index in [0.717, 1.165) is 50.8 Å². The number of rotatable bonds is 4. The summed E-state index contributed by atoms with van der Waals surface area (Å²) in [6.07, 6.45) is -0.882. The third kappa shape index (κ3) is 4.78. The fourth-order valence-electron chi connectivity index (χ4n) is 4.01. The second-order valence-corrected chi connectivity index (χ2v) is 10.5. The van der Waals surface area contributed by atoms with Crippen LogP contribution in [0.3, 0.4) is 0 Å². The first kappa shape index (κ1) is 24.9. The molecule has 1 amide bonds. The van der Waals surface area contributed by atoms with Crippen LogP contribution in [0.15, 0.2) is 77.8 Å². The van der Waals surface area contributed by atoms with Crippen LogP contribution in [0.4, 0.5) is 18.9 Å². The van der Waals surface area contributed by atoms with Gasteiger partial charge >= 0.3 is 6.18 Å². The van der Waals surface area contributed by atoms with Crippen LogP contribution in [0.1, 0.15) is 16.7 Å². The molecular weight excluding hydrogens is 548 g/mol. The lowest BCUT2D eigenvalue weighted by Gasteiger charge is -2.16. The number of nitrogens with zero attached hydrogens (tertiary/aromatic N) is 2. The van der Waals surface area contributed by atoms with Gasteiger partial charge < -0.3 is 4.57 Å². The number of thioether (sulfide) groups is 1. The Morgan fingerprint density at radius 1 is 0.972 bits per heavy atom. The average molecular weight is 563 g/mol. The maximum Gasteiger partial charge on any atom is 0.416 e. The average Bonchev–Trinajstić information content (AvgIpc) is 3.32. The van der Waals surface area contributed by atoms with Crippen LogP contribution in [-0.2, 0) is 17.5 Å². The second-order valence-electron chi connectivity index (χ2n) is 8.04. The van der Waals surface area contributed by atoms with Crippen molar-refractivity contribution in [2.75, 3.05) is 4.90 Å². The van der Waals surface area contributed by atoms with E-state index in [1.165, 1.54) is 12.1 Å². The second kappa shape index (κ2) is 9.59. The minimum atomic E-state index is -4.53. The van der Waals surface area contributed by atoms with Gasteiger partial charge in [-0.3, -0.25) is 9.69 Å². The van der Waals surface area contributed by atoms with E-state index in [9.17, 15) is 18.0 Å². The van der Waals surface area contributed by atoms with Gasteiger partial charge in [-0.2, -0.15) is 13.2 Å². The summed E-state index contributed by atoms with van der Waals surface area (Å²) in [7, 11) is 0. The van der Waals surface area contributed by atoms with Gasteiger partial charge in [0, 0.05) is 29.2 Å². The minimum Gasteiger partial charge on any atom is -0.342 e. The summed E-state index contributed by atoms with van der Waals surface area (Å²) in [6.45, 7) is 0.524. The maximum atomic E-state index is 13.2. The highest BCUT2D eigenvalue weighted by Gasteiger charge is 2.36. The van der Waals surface area contributed by atoms with Gasteiger partial charge in [0.1, 0.15) is 0 Å². The number of aromatic nitrogens is 1. The number of carbonyl (C=O) groups is 1. The third-order valence-electron chi connectivity index (χ3n) is 5.67. The standard InChI is InChI=1S/C26H15Cl2F3N2OS2/c27-20-9-8-15(10-21(20)28)13-32-14-16(19-6-1-2-7-22(19)32)11-23-24(34)33(25(35)36-23)18-5-3-4-17(12-18)26(29,30)31/h1-12,14H,13H2/b23-11+. The molecule has 1 aliphatic rings. The zero-order valence-corrected chi connectivity index (χ0v) is 21.4. The fourth-order valence-corrected chi connectivity index (χ4v) is 5.62. The smallest absolute Gasteiger partial charge is 0.342 e. The highest BCUT2D eigenvalue weighted by molar-refractivity contribution is 8.27. The molecule has 1 saturated heterocycles. The number of thiocarbonyl (C=S) groups is 1. The first-order valence-corrected chi connectivity index (χ1v) is 12.6. The van der Waals surface area contributed by atoms with E-state index in [-0.39, 0.29) is 10.0 Å².